The molecule has 5 rings (SSSR count). The zero-order valence-corrected chi connectivity index (χ0v) is 15.7. The van der Waals surface area contributed by atoms with Crippen molar-refractivity contribution in [2.24, 2.45) is 0 Å². The normalized spacial score (nSPS) is 20.7. The molecule has 0 aromatic heterocycles. The van der Waals surface area contributed by atoms with Gasteiger partial charge in [-0.15, -0.1) is 0 Å². The van der Waals surface area contributed by atoms with Gasteiger partial charge in [0.25, 0.3) is 0 Å². The van der Waals surface area contributed by atoms with Gasteiger partial charge in [-0.25, -0.2) is 4.79 Å². The molecular formula is C22H18O7. The number of benzene rings is 2. The van der Waals surface area contributed by atoms with Crippen molar-refractivity contribution < 1.29 is 33.3 Å². The lowest BCUT2D eigenvalue weighted by molar-refractivity contribution is -0.144. The van der Waals surface area contributed by atoms with E-state index in [2.05, 4.69) is 0 Å². The highest BCUT2D eigenvalue weighted by molar-refractivity contribution is 6.15. The molecule has 0 amide bonds. The largest absolute Gasteiger partial charge is 0.454 e. The number of fused-ring (bicyclic) bond motifs is 2. The molecule has 148 valence electrons. The van der Waals surface area contributed by atoms with Crippen LogP contribution in [0, 0.1) is 6.92 Å². The average molecular weight is 394 g/mol. The Labute approximate surface area is 166 Å². The number of hydrogen-bond donors (Lipinski definition) is 0. The molecule has 7 nitrogen and oxygen atoms in total. The van der Waals surface area contributed by atoms with Crippen molar-refractivity contribution in [3.8, 4) is 23.0 Å². The molecule has 29 heavy (non-hydrogen) atoms. The van der Waals surface area contributed by atoms with E-state index in [0.717, 1.165) is 12.0 Å². The first kappa shape index (κ1) is 17.8. The summed E-state index contributed by atoms with van der Waals surface area (Å²) in [5.74, 6) is 1.56. The van der Waals surface area contributed by atoms with Gasteiger partial charge in [-0.1, -0.05) is 6.07 Å². The fourth-order valence-electron chi connectivity index (χ4n) is 3.64. The molecule has 0 bridgehead atoms. The Morgan fingerprint density at radius 1 is 1.14 bits per heavy atom. The lowest BCUT2D eigenvalue weighted by Gasteiger charge is -2.11. The van der Waals surface area contributed by atoms with Gasteiger partial charge in [-0.05, 0) is 55.2 Å². The van der Waals surface area contributed by atoms with Crippen LogP contribution in [0.3, 0.4) is 0 Å². The molecule has 3 aliphatic heterocycles. The van der Waals surface area contributed by atoms with Crippen LogP contribution in [0.2, 0.25) is 0 Å². The third-order valence-electron chi connectivity index (χ3n) is 5.05. The van der Waals surface area contributed by atoms with E-state index >= 15 is 0 Å². The van der Waals surface area contributed by atoms with Crippen LogP contribution in [0.25, 0.3) is 6.08 Å². The highest BCUT2D eigenvalue weighted by Gasteiger charge is 2.31. The Kier molecular flexibility index (Phi) is 4.24. The minimum Gasteiger partial charge on any atom is -0.454 e. The van der Waals surface area contributed by atoms with Gasteiger partial charge < -0.3 is 23.7 Å². The summed E-state index contributed by atoms with van der Waals surface area (Å²) in [6.45, 7) is 2.53. The second-order valence-electron chi connectivity index (χ2n) is 7.09. The highest BCUT2D eigenvalue weighted by atomic mass is 16.7. The number of rotatable bonds is 3. The van der Waals surface area contributed by atoms with E-state index in [0.29, 0.717) is 47.2 Å². The lowest BCUT2D eigenvalue weighted by Crippen LogP contribution is -2.24. The summed E-state index contributed by atoms with van der Waals surface area (Å²) in [4.78, 5) is 25.0. The van der Waals surface area contributed by atoms with Crippen LogP contribution in [0.15, 0.2) is 36.1 Å². The van der Waals surface area contributed by atoms with Crippen molar-refractivity contribution in [3.63, 3.8) is 0 Å². The standard InChI is InChI=1S/C22H18O7/c1-12-7-14(28-22(24)16-3-2-6-25-16)10-18-20(12)21(23)19(29-18)9-13-4-5-15-17(8-13)27-11-26-15/h4-5,7-10,16H,2-3,6,11H2,1H3/b19-9-. The summed E-state index contributed by atoms with van der Waals surface area (Å²) < 4.78 is 27.3. The van der Waals surface area contributed by atoms with Crippen molar-refractivity contribution in [1.82, 2.24) is 0 Å². The number of Topliss-reactive ketones (excluding diaryl/α,β-unsaturated/α-hetero) is 1. The molecule has 1 saturated heterocycles. The number of hydrogen-bond acceptors (Lipinski definition) is 7. The van der Waals surface area contributed by atoms with E-state index in [-0.39, 0.29) is 18.3 Å². The van der Waals surface area contributed by atoms with Crippen LogP contribution in [0.1, 0.15) is 34.3 Å². The monoisotopic (exact) mass is 394 g/mol. The fourth-order valence-corrected chi connectivity index (χ4v) is 3.64. The number of aryl methyl sites for hydroxylation is 1. The molecule has 3 aliphatic rings. The molecule has 1 atom stereocenters. The second kappa shape index (κ2) is 6.93. The van der Waals surface area contributed by atoms with Crippen LogP contribution in [0.5, 0.6) is 23.0 Å². The van der Waals surface area contributed by atoms with Crippen LogP contribution in [-0.2, 0) is 9.53 Å². The second-order valence-corrected chi connectivity index (χ2v) is 7.09. The molecule has 1 unspecified atom stereocenters. The maximum atomic E-state index is 12.8. The predicted molar refractivity (Wildman–Crippen MR) is 101 cm³/mol. The summed E-state index contributed by atoms with van der Waals surface area (Å²) >= 11 is 0. The fraction of sp³-hybridized carbons (Fsp3) is 0.273. The van der Waals surface area contributed by atoms with E-state index in [1.807, 2.05) is 6.07 Å². The molecule has 2 aromatic carbocycles. The van der Waals surface area contributed by atoms with Gasteiger partial charge in [0.05, 0.1) is 5.56 Å². The molecule has 0 aliphatic carbocycles. The van der Waals surface area contributed by atoms with Crippen LogP contribution in [0.4, 0.5) is 0 Å². The van der Waals surface area contributed by atoms with E-state index in [1.54, 1.807) is 37.3 Å². The average Bonchev–Trinajstić information content (AvgIpc) is 3.43. The molecule has 0 saturated carbocycles. The number of carbonyl (C=O) groups excluding carboxylic acids is 2. The van der Waals surface area contributed by atoms with Crippen molar-refractivity contribution in [1.29, 1.82) is 0 Å². The summed E-state index contributed by atoms with van der Waals surface area (Å²) in [6.07, 6.45) is 2.61. The quantitative estimate of drug-likeness (QED) is 0.448. The van der Waals surface area contributed by atoms with Gasteiger partial charge in [0.1, 0.15) is 11.5 Å². The molecule has 0 radical (unpaired) electrons. The zero-order valence-electron chi connectivity index (χ0n) is 15.7. The number of carbonyl (C=O) groups is 2. The first-order chi connectivity index (χ1) is 14.1. The van der Waals surface area contributed by atoms with Gasteiger partial charge in [-0.2, -0.15) is 0 Å². The molecule has 1 fully saturated rings. The number of esters is 1. The SMILES string of the molecule is Cc1cc(OC(=O)C2CCCO2)cc2c1C(=O)/C(=C/c1ccc3c(c1)OCO3)O2. The maximum Gasteiger partial charge on any atom is 0.340 e. The molecule has 0 spiro atoms. The highest BCUT2D eigenvalue weighted by Crippen LogP contribution is 2.39. The van der Waals surface area contributed by atoms with Crippen LogP contribution >= 0.6 is 0 Å². The van der Waals surface area contributed by atoms with Crippen molar-refractivity contribution in [2.75, 3.05) is 13.4 Å². The van der Waals surface area contributed by atoms with Gasteiger partial charge in [-0.3, -0.25) is 4.79 Å². The van der Waals surface area contributed by atoms with Crippen LogP contribution < -0.4 is 18.9 Å². The predicted octanol–water partition coefficient (Wildman–Crippen LogP) is 3.42. The smallest absolute Gasteiger partial charge is 0.340 e. The van der Waals surface area contributed by atoms with Gasteiger partial charge >= 0.3 is 5.97 Å². The van der Waals surface area contributed by atoms with E-state index in [4.69, 9.17) is 23.7 Å². The van der Waals surface area contributed by atoms with E-state index in [1.165, 1.54) is 0 Å². The van der Waals surface area contributed by atoms with Crippen molar-refractivity contribution in [3.05, 3.63) is 52.8 Å². The minimum absolute atomic E-state index is 0.183. The van der Waals surface area contributed by atoms with Crippen molar-refractivity contribution in [2.45, 2.75) is 25.9 Å². The Morgan fingerprint density at radius 3 is 2.83 bits per heavy atom. The molecule has 2 aromatic rings. The van der Waals surface area contributed by atoms with Gasteiger partial charge in [0.2, 0.25) is 12.6 Å². The zero-order chi connectivity index (χ0) is 20.0. The summed E-state index contributed by atoms with van der Waals surface area (Å²) in [7, 11) is 0. The first-order valence-corrected chi connectivity index (χ1v) is 9.40. The van der Waals surface area contributed by atoms with E-state index < -0.39 is 12.1 Å². The molecule has 7 heteroatoms. The number of ketones is 1. The van der Waals surface area contributed by atoms with E-state index in [9.17, 15) is 9.59 Å². The Bertz CT molecular complexity index is 1050. The molecule has 0 N–H and O–H groups in total. The van der Waals surface area contributed by atoms with Gasteiger partial charge in [0, 0.05) is 12.7 Å². The number of ether oxygens (including phenoxy) is 5. The lowest BCUT2D eigenvalue weighted by atomic mass is 10.0. The third-order valence-corrected chi connectivity index (χ3v) is 5.05. The minimum atomic E-state index is -0.535. The maximum absolute atomic E-state index is 12.8. The Balaban J connectivity index is 1.40. The summed E-state index contributed by atoms with van der Waals surface area (Å²) in [5.41, 5.74) is 1.90. The summed E-state index contributed by atoms with van der Waals surface area (Å²) in [6, 6.07) is 8.62. The third kappa shape index (κ3) is 3.23. The molecular weight excluding hydrogens is 376 g/mol. The van der Waals surface area contributed by atoms with Crippen LogP contribution in [-0.4, -0.2) is 31.3 Å². The first-order valence-electron chi connectivity index (χ1n) is 9.40. The number of allylic oxidation sites excluding steroid dienone is 1. The van der Waals surface area contributed by atoms with Gasteiger partial charge in [0.15, 0.2) is 23.4 Å². The van der Waals surface area contributed by atoms with Crippen molar-refractivity contribution >= 4 is 17.8 Å². The summed E-state index contributed by atoms with van der Waals surface area (Å²) in [5, 5.41) is 0. The Morgan fingerprint density at radius 2 is 2.00 bits per heavy atom. The molecule has 3 heterocycles. The Hall–Kier alpha value is -3.32. The topological polar surface area (TPSA) is 80.3 Å².